The maximum absolute atomic E-state index is 11.8. The fraction of sp³-hybridized carbons (Fsp3) is 0.133. The van der Waals surface area contributed by atoms with Gasteiger partial charge in [-0.15, -0.1) is 0 Å². The highest BCUT2D eigenvalue weighted by Gasteiger charge is 2.08. The van der Waals surface area contributed by atoms with E-state index in [4.69, 9.17) is 16.7 Å². The van der Waals surface area contributed by atoms with Crippen LogP contribution in [0.25, 0.3) is 0 Å². The van der Waals surface area contributed by atoms with Gasteiger partial charge in [-0.05, 0) is 36.4 Å². The first-order valence-electron chi connectivity index (χ1n) is 6.53. The third kappa shape index (κ3) is 4.46. The van der Waals surface area contributed by atoms with Crippen LogP contribution in [0.1, 0.15) is 20.8 Å². The molecule has 6 nitrogen and oxygen atoms in total. The Morgan fingerprint density at radius 1 is 1.05 bits per heavy atom. The second kappa shape index (κ2) is 7.42. The molecule has 0 fully saturated rings. The Hall–Kier alpha value is -2.60. The predicted octanol–water partition coefficient (Wildman–Crippen LogP) is 1.60. The first-order chi connectivity index (χ1) is 10.6. The zero-order valence-corrected chi connectivity index (χ0v) is 12.3. The van der Waals surface area contributed by atoms with Gasteiger partial charge in [0.1, 0.15) is 11.4 Å². The van der Waals surface area contributed by atoms with E-state index in [0.717, 1.165) is 0 Å². The first-order valence-corrected chi connectivity index (χ1v) is 6.91. The van der Waals surface area contributed by atoms with Gasteiger partial charge in [0, 0.05) is 29.9 Å². The number of benzene rings is 1. The van der Waals surface area contributed by atoms with Gasteiger partial charge < -0.3 is 15.7 Å². The second-order valence-corrected chi connectivity index (χ2v) is 4.85. The number of carbonyl (C=O) groups is 2. The molecule has 2 amide bonds. The van der Waals surface area contributed by atoms with Gasteiger partial charge in [-0.2, -0.15) is 0 Å². The van der Waals surface area contributed by atoms with Crippen molar-refractivity contribution in [2.75, 3.05) is 13.1 Å². The van der Waals surface area contributed by atoms with Crippen molar-refractivity contribution in [2.45, 2.75) is 0 Å². The number of phenols is 1. The summed E-state index contributed by atoms with van der Waals surface area (Å²) in [6.45, 7) is 0.531. The van der Waals surface area contributed by atoms with E-state index in [1.807, 2.05) is 0 Å². The summed E-state index contributed by atoms with van der Waals surface area (Å²) in [4.78, 5) is 27.5. The van der Waals surface area contributed by atoms with Crippen molar-refractivity contribution in [3.05, 3.63) is 58.9 Å². The summed E-state index contributed by atoms with van der Waals surface area (Å²) in [5.74, 6) is -0.547. The van der Waals surface area contributed by atoms with Crippen LogP contribution in [0.3, 0.4) is 0 Å². The molecule has 0 radical (unpaired) electrons. The molecule has 1 aromatic heterocycles. The van der Waals surface area contributed by atoms with Crippen molar-refractivity contribution in [3.63, 3.8) is 0 Å². The second-order valence-electron chi connectivity index (χ2n) is 4.42. The zero-order valence-electron chi connectivity index (χ0n) is 11.5. The SMILES string of the molecule is O=C(NCCNC(=O)c1cc(Cl)ccn1)c1ccc(O)cc1. The van der Waals surface area contributed by atoms with Crippen molar-refractivity contribution in [3.8, 4) is 5.75 Å². The molecule has 1 aromatic carbocycles. The topological polar surface area (TPSA) is 91.3 Å². The Morgan fingerprint density at radius 2 is 1.68 bits per heavy atom. The highest BCUT2D eigenvalue weighted by molar-refractivity contribution is 6.30. The number of halogens is 1. The standard InChI is InChI=1S/C15H14ClN3O3/c16-11-5-6-17-13(9-11)15(22)19-8-7-18-14(21)10-1-3-12(20)4-2-10/h1-6,9,20H,7-8H2,(H,18,21)(H,19,22). The van der Waals surface area contributed by atoms with E-state index in [-0.39, 0.29) is 36.3 Å². The van der Waals surface area contributed by atoms with Crippen LogP contribution < -0.4 is 10.6 Å². The first kappa shape index (κ1) is 15.8. The maximum Gasteiger partial charge on any atom is 0.269 e. The Morgan fingerprint density at radius 3 is 2.32 bits per heavy atom. The lowest BCUT2D eigenvalue weighted by molar-refractivity contribution is 0.0925. The molecule has 114 valence electrons. The van der Waals surface area contributed by atoms with E-state index in [1.165, 1.54) is 36.5 Å². The molecule has 2 rings (SSSR count). The van der Waals surface area contributed by atoms with Gasteiger partial charge in [0.15, 0.2) is 0 Å². The molecule has 1 heterocycles. The Labute approximate surface area is 132 Å². The summed E-state index contributed by atoms with van der Waals surface area (Å²) in [7, 11) is 0. The molecular formula is C15H14ClN3O3. The van der Waals surface area contributed by atoms with Gasteiger partial charge in [0.2, 0.25) is 0 Å². The highest BCUT2D eigenvalue weighted by atomic mass is 35.5. The molecule has 7 heteroatoms. The number of rotatable bonds is 5. The fourth-order valence-electron chi connectivity index (χ4n) is 1.69. The van der Waals surface area contributed by atoms with Gasteiger partial charge in [-0.3, -0.25) is 14.6 Å². The van der Waals surface area contributed by atoms with Crippen LogP contribution in [0.5, 0.6) is 5.75 Å². The molecule has 0 saturated carbocycles. The van der Waals surface area contributed by atoms with Crippen LogP contribution in [0.2, 0.25) is 5.02 Å². The molecule has 3 N–H and O–H groups in total. The van der Waals surface area contributed by atoms with Crippen LogP contribution >= 0.6 is 11.6 Å². The van der Waals surface area contributed by atoms with Gasteiger partial charge in [-0.25, -0.2) is 0 Å². The molecule has 0 aliphatic rings. The number of nitrogens with one attached hydrogen (secondary N) is 2. The molecule has 2 aromatic rings. The van der Waals surface area contributed by atoms with Crippen LogP contribution in [-0.2, 0) is 0 Å². The van der Waals surface area contributed by atoms with E-state index < -0.39 is 0 Å². The lowest BCUT2D eigenvalue weighted by atomic mass is 10.2. The minimum absolute atomic E-state index is 0.0952. The third-order valence-electron chi connectivity index (χ3n) is 2.78. The average molecular weight is 320 g/mol. The summed E-state index contributed by atoms with van der Waals surface area (Å²) in [5, 5.41) is 14.9. The van der Waals surface area contributed by atoms with E-state index in [1.54, 1.807) is 6.07 Å². The Balaban J connectivity index is 1.76. The number of nitrogens with zero attached hydrogens (tertiary/aromatic N) is 1. The zero-order chi connectivity index (χ0) is 15.9. The Bertz CT molecular complexity index is 674. The van der Waals surface area contributed by atoms with Crippen molar-refractivity contribution in [2.24, 2.45) is 0 Å². The van der Waals surface area contributed by atoms with E-state index >= 15 is 0 Å². The summed E-state index contributed by atoms with van der Waals surface area (Å²) < 4.78 is 0. The molecule has 0 atom stereocenters. The minimum atomic E-state index is -0.360. The number of phenolic OH excluding ortho intramolecular Hbond substituents is 1. The summed E-state index contributed by atoms with van der Waals surface area (Å²) >= 11 is 5.78. The van der Waals surface area contributed by atoms with Crippen LogP contribution in [-0.4, -0.2) is 35.0 Å². The fourth-order valence-corrected chi connectivity index (χ4v) is 1.85. The van der Waals surface area contributed by atoms with Crippen LogP contribution in [0.4, 0.5) is 0 Å². The lowest BCUT2D eigenvalue weighted by Gasteiger charge is -2.07. The highest BCUT2D eigenvalue weighted by Crippen LogP contribution is 2.09. The molecule has 0 spiro atoms. The molecule has 0 aliphatic carbocycles. The average Bonchev–Trinajstić information content (AvgIpc) is 2.51. The quantitative estimate of drug-likeness (QED) is 0.730. The van der Waals surface area contributed by atoms with Gasteiger partial charge in [-0.1, -0.05) is 11.6 Å². The number of aromatic hydroxyl groups is 1. The molecule has 0 bridgehead atoms. The van der Waals surface area contributed by atoms with Crippen LogP contribution in [0.15, 0.2) is 42.6 Å². The number of hydrogen-bond donors (Lipinski definition) is 3. The number of amides is 2. The molecule has 0 saturated heterocycles. The number of carbonyl (C=O) groups excluding carboxylic acids is 2. The molecule has 0 unspecified atom stereocenters. The third-order valence-corrected chi connectivity index (χ3v) is 3.02. The van der Waals surface area contributed by atoms with E-state index in [9.17, 15) is 9.59 Å². The van der Waals surface area contributed by atoms with Crippen LogP contribution in [0, 0.1) is 0 Å². The van der Waals surface area contributed by atoms with Crippen molar-refractivity contribution >= 4 is 23.4 Å². The predicted molar refractivity (Wildman–Crippen MR) is 82.0 cm³/mol. The number of aromatic nitrogens is 1. The lowest BCUT2D eigenvalue weighted by Crippen LogP contribution is -2.35. The summed E-state index contributed by atoms with van der Waals surface area (Å²) in [6.07, 6.45) is 1.45. The maximum atomic E-state index is 11.8. The smallest absolute Gasteiger partial charge is 0.269 e. The largest absolute Gasteiger partial charge is 0.508 e. The van der Waals surface area contributed by atoms with Crippen molar-refractivity contribution in [1.82, 2.24) is 15.6 Å². The molecule has 0 aliphatic heterocycles. The monoisotopic (exact) mass is 319 g/mol. The van der Waals surface area contributed by atoms with E-state index in [2.05, 4.69) is 15.6 Å². The minimum Gasteiger partial charge on any atom is -0.508 e. The Kier molecular flexibility index (Phi) is 5.32. The summed E-state index contributed by atoms with van der Waals surface area (Å²) in [6, 6.07) is 8.93. The van der Waals surface area contributed by atoms with Crippen molar-refractivity contribution in [1.29, 1.82) is 0 Å². The summed E-state index contributed by atoms with van der Waals surface area (Å²) in [5.41, 5.74) is 0.651. The van der Waals surface area contributed by atoms with Crippen molar-refractivity contribution < 1.29 is 14.7 Å². The van der Waals surface area contributed by atoms with E-state index in [0.29, 0.717) is 10.6 Å². The normalized spacial score (nSPS) is 10.0. The number of pyridine rings is 1. The van der Waals surface area contributed by atoms with Gasteiger partial charge >= 0.3 is 0 Å². The molecule has 22 heavy (non-hydrogen) atoms. The van der Waals surface area contributed by atoms with Gasteiger partial charge in [0.05, 0.1) is 0 Å². The van der Waals surface area contributed by atoms with Gasteiger partial charge in [0.25, 0.3) is 11.8 Å². The molecular weight excluding hydrogens is 306 g/mol. The number of hydrogen-bond acceptors (Lipinski definition) is 4.